The van der Waals surface area contributed by atoms with Gasteiger partial charge in [-0.3, -0.25) is 0 Å². The highest BCUT2D eigenvalue weighted by Crippen LogP contribution is 2.43. The Morgan fingerprint density at radius 1 is 1.00 bits per heavy atom. The summed E-state index contributed by atoms with van der Waals surface area (Å²) in [5.74, 6) is 0.0535. The number of hydrogen-bond acceptors (Lipinski definition) is 4. The van der Waals surface area contributed by atoms with Crippen molar-refractivity contribution < 1.29 is 0 Å². The predicted molar refractivity (Wildman–Crippen MR) is 81.6 cm³/mol. The lowest BCUT2D eigenvalue weighted by atomic mass is 10.1. The molecule has 0 spiro atoms. The van der Waals surface area contributed by atoms with Crippen LogP contribution in [0.1, 0.15) is 0 Å². The number of nitrogens with two attached hydrogens (primary N) is 1. The van der Waals surface area contributed by atoms with Gasteiger partial charge in [0, 0.05) is 5.56 Å². The number of aromatic amines is 1. The fraction of sp³-hybridized carbons (Fsp3) is 0. The molecule has 2 heterocycles. The topological polar surface area (TPSA) is 80.5 Å². The lowest BCUT2D eigenvalue weighted by Gasteiger charge is -2.10. The maximum absolute atomic E-state index is 6.22. The van der Waals surface area contributed by atoms with Crippen LogP contribution in [0.15, 0.2) is 12.4 Å². The van der Waals surface area contributed by atoms with E-state index < -0.39 is 0 Å². The Bertz CT molecular complexity index is 829. The molecule has 0 bridgehead atoms. The number of nitrogens with one attached hydrogen (secondary N) is 1. The third kappa shape index (κ3) is 2.07. The summed E-state index contributed by atoms with van der Waals surface area (Å²) in [5, 5.41) is 0.947. The first-order chi connectivity index (χ1) is 9.49. The molecule has 20 heavy (non-hydrogen) atoms. The SMILES string of the molecule is Nc1nc(-c2c(Cl)cc(Cl)c(Cl)c2Cl)c2[nH]cnc2n1. The van der Waals surface area contributed by atoms with Gasteiger partial charge >= 0.3 is 0 Å². The average Bonchev–Trinajstić information content (AvgIpc) is 2.84. The predicted octanol–water partition coefficient (Wildman–Crippen LogP) is 4.22. The summed E-state index contributed by atoms with van der Waals surface area (Å²) < 4.78 is 0. The van der Waals surface area contributed by atoms with E-state index in [1.165, 1.54) is 12.4 Å². The van der Waals surface area contributed by atoms with Gasteiger partial charge in [0.2, 0.25) is 5.95 Å². The van der Waals surface area contributed by atoms with Gasteiger partial charge in [-0.15, -0.1) is 0 Å². The Morgan fingerprint density at radius 2 is 1.75 bits per heavy atom. The number of anilines is 1. The maximum atomic E-state index is 6.22. The first-order valence-electron chi connectivity index (χ1n) is 5.29. The molecule has 0 aliphatic rings. The fourth-order valence-electron chi connectivity index (χ4n) is 1.81. The average molecular weight is 349 g/mol. The van der Waals surface area contributed by atoms with Gasteiger partial charge in [-0.05, 0) is 6.07 Å². The molecule has 3 N–H and O–H groups in total. The largest absolute Gasteiger partial charge is 0.368 e. The number of nitrogens with zero attached hydrogens (tertiary/aromatic N) is 3. The summed E-state index contributed by atoms with van der Waals surface area (Å²) in [7, 11) is 0. The van der Waals surface area contributed by atoms with Gasteiger partial charge in [-0.25, -0.2) is 9.97 Å². The van der Waals surface area contributed by atoms with Crippen molar-refractivity contribution >= 4 is 63.5 Å². The van der Waals surface area contributed by atoms with Crippen LogP contribution in [-0.4, -0.2) is 19.9 Å². The Morgan fingerprint density at radius 3 is 2.50 bits per heavy atom. The molecule has 0 aliphatic carbocycles. The first-order valence-corrected chi connectivity index (χ1v) is 6.80. The standard InChI is InChI=1S/C11H5Cl4N5/c12-3-1-4(13)6(14)7(15)5(3)8-9-10(18-2-17-9)20-11(16)19-8/h1-2H,(H3,16,17,18,19,20). The minimum Gasteiger partial charge on any atom is -0.368 e. The van der Waals surface area contributed by atoms with Gasteiger partial charge in [0.15, 0.2) is 5.65 Å². The molecule has 5 nitrogen and oxygen atoms in total. The van der Waals surface area contributed by atoms with Crippen LogP contribution < -0.4 is 5.73 Å². The second-order valence-corrected chi connectivity index (χ2v) is 5.45. The number of halogens is 4. The number of imidazole rings is 1. The summed E-state index contributed by atoms with van der Waals surface area (Å²) in [5.41, 5.74) is 7.47. The van der Waals surface area contributed by atoms with Crippen LogP contribution in [0, 0.1) is 0 Å². The molecule has 0 fully saturated rings. The molecule has 2 aromatic heterocycles. The monoisotopic (exact) mass is 347 g/mol. The molecule has 3 rings (SSSR count). The second kappa shape index (κ2) is 4.93. The maximum Gasteiger partial charge on any atom is 0.222 e. The zero-order valence-electron chi connectivity index (χ0n) is 9.59. The second-order valence-electron chi connectivity index (χ2n) is 3.87. The summed E-state index contributed by atoms with van der Waals surface area (Å²) in [6, 6.07) is 1.49. The fourth-order valence-corrected chi connectivity index (χ4v) is 2.91. The molecule has 0 amide bonds. The minimum absolute atomic E-state index is 0.0535. The van der Waals surface area contributed by atoms with Gasteiger partial charge in [0.25, 0.3) is 0 Å². The molecule has 102 valence electrons. The van der Waals surface area contributed by atoms with Crippen molar-refractivity contribution in [2.45, 2.75) is 0 Å². The number of hydrogen-bond donors (Lipinski definition) is 2. The van der Waals surface area contributed by atoms with Crippen LogP contribution in [0.3, 0.4) is 0 Å². The first kappa shape index (κ1) is 13.7. The summed E-state index contributed by atoms with van der Waals surface area (Å²) in [6.45, 7) is 0. The molecular formula is C11H5Cl4N5. The summed E-state index contributed by atoms with van der Waals surface area (Å²) >= 11 is 24.4. The number of benzene rings is 1. The number of aromatic nitrogens is 4. The van der Waals surface area contributed by atoms with E-state index in [-0.39, 0.29) is 21.0 Å². The van der Waals surface area contributed by atoms with Crippen LogP contribution in [0.4, 0.5) is 5.95 Å². The van der Waals surface area contributed by atoms with Crippen LogP contribution in [0.2, 0.25) is 20.1 Å². The van der Waals surface area contributed by atoms with Gasteiger partial charge < -0.3 is 10.7 Å². The Hall–Kier alpha value is -1.27. The molecule has 0 saturated carbocycles. The van der Waals surface area contributed by atoms with E-state index >= 15 is 0 Å². The normalized spacial score (nSPS) is 11.2. The highest BCUT2D eigenvalue weighted by molar-refractivity contribution is 6.51. The molecular weight excluding hydrogens is 344 g/mol. The zero-order chi connectivity index (χ0) is 14.4. The molecule has 0 saturated heterocycles. The number of H-pyrrole nitrogens is 1. The molecule has 0 radical (unpaired) electrons. The van der Waals surface area contributed by atoms with E-state index in [1.807, 2.05) is 0 Å². The van der Waals surface area contributed by atoms with Crippen molar-refractivity contribution in [3.63, 3.8) is 0 Å². The number of fused-ring (bicyclic) bond motifs is 1. The van der Waals surface area contributed by atoms with Crippen molar-refractivity contribution in [2.75, 3.05) is 5.73 Å². The van der Waals surface area contributed by atoms with Crippen molar-refractivity contribution in [2.24, 2.45) is 0 Å². The van der Waals surface area contributed by atoms with E-state index in [9.17, 15) is 0 Å². The number of nitrogen functional groups attached to an aromatic ring is 1. The summed E-state index contributed by atoms with van der Waals surface area (Å²) in [4.78, 5) is 15.1. The molecule has 0 atom stereocenters. The molecule has 0 unspecified atom stereocenters. The lowest BCUT2D eigenvalue weighted by molar-refractivity contribution is 1.22. The third-order valence-electron chi connectivity index (χ3n) is 2.65. The van der Waals surface area contributed by atoms with E-state index in [0.29, 0.717) is 27.4 Å². The molecule has 0 aliphatic heterocycles. The van der Waals surface area contributed by atoms with Crippen molar-refractivity contribution in [1.29, 1.82) is 0 Å². The van der Waals surface area contributed by atoms with Crippen LogP contribution in [-0.2, 0) is 0 Å². The number of rotatable bonds is 1. The highest BCUT2D eigenvalue weighted by atomic mass is 35.5. The van der Waals surface area contributed by atoms with Gasteiger partial charge in [0.1, 0.15) is 11.2 Å². The quantitative estimate of drug-likeness (QED) is 0.509. The Kier molecular flexibility index (Phi) is 3.38. The van der Waals surface area contributed by atoms with E-state index in [4.69, 9.17) is 52.1 Å². The lowest BCUT2D eigenvalue weighted by Crippen LogP contribution is -1.99. The molecule has 3 aromatic rings. The van der Waals surface area contributed by atoms with Gasteiger partial charge in [0.05, 0.1) is 26.4 Å². The zero-order valence-corrected chi connectivity index (χ0v) is 12.6. The Labute approximate surface area is 133 Å². The highest BCUT2D eigenvalue weighted by Gasteiger charge is 2.20. The van der Waals surface area contributed by atoms with Crippen molar-refractivity contribution in [3.8, 4) is 11.3 Å². The van der Waals surface area contributed by atoms with Crippen molar-refractivity contribution in [1.82, 2.24) is 19.9 Å². The third-order valence-corrected chi connectivity index (χ3v) is 4.21. The smallest absolute Gasteiger partial charge is 0.222 e. The Balaban J connectivity index is 2.42. The minimum atomic E-state index is 0.0535. The van der Waals surface area contributed by atoms with Crippen LogP contribution in [0.25, 0.3) is 22.4 Å². The van der Waals surface area contributed by atoms with Crippen LogP contribution in [0.5, 0.6) is 0 Å². The molecule has 1 aromatic carbocycles. The van der Waals surface area contributed by atoms with Gasteiger partial charge in [-0.1, -0.05) is 46.4 Å². The molecule has 9 heteroatoms. The van der Waals surface area contributed by atoms with Crippen molar-refractivity contribution in [3.05, 3.63) is 32.5 Å². The van der Waals surface area contributed by atoms with Crippen LogP contribution >= 0.6 is 46.4 Å². The van der Waals surface area contributed by atoms with E-state index in [2.05, 4.69) is 19.9 Å². The van der Waals surface area contributed by atoms with Gasteiger partial charge in [-0.2, -0.15) is 4.98 Å². The summed E-state index contributed by atoms with van der Waals surface area (Å²) in [6.07, 6.45) is 1.47. The van der Waals surface area contributed by atoms with E-state index in [0.717, 1.165) is 0 Å². The van der Waals surface area contributed by atoms with E-state index in [1.54, 1.807) is 0 Å².